The van der Waals surface area contributed by atoms with Crippen LogP contribution in [0.2, 0.25) is 0 Å². The Morgan fingerprint density at radius 1 is 1.55 bits per heavy atom. The average Bonchev–Trinajstić information content (AvgIpc) is 2.11. The predicted molar refractivity (Wildman–Crippen MR) is 25.4 cm³/mol. The summed E-state index contributed by atoms with van der Waals surface area (Å²) in [6.45, 7) is 0. The van der Waals surface area contributed by atoms with Crippen LogP contribution < -0.4 is 35.2 Å². The van der Waals surface area contributed by atoms with Gasteiger partial charge in [0.05, 0.1) is 6.07 Å². The predicted octanol–water partition coefficient (Wildman–Crippen LogP) is -1.90. The molecule has 1 aromatic rings. The number of H-pyrrole nitrogens is 1. The fourth-order valence-electron chi connectivity index (χ4n) is 0.422. The Morgan fingerprint density at radius 2 is 2.09 bits per heavy atom. The molecule has 0 saturated heterocycles. The van der Waals surface area contributed by atoms with Crippen molar-refractivity contribution in [3.8, 4) is 0 Å². The van der Waals surface area contributed by atoms with Crippen molar-refractivity contribution >= 4 is 0 Å². The number of rotatable bonds is 0. The van der Waals surface area contributed by atoms with Crippen molar-refractivity contribution < 1.29 is 48.7 Å². The van der Waals surface area contributed by atoms with Crippen LogP contribution in [0.3, 0.4) is 0 Å². The molecule has 0 aliphatic heterocycles. The number of halogens is 3. The SMILES string of the molecule is O=c1cc(C(F)(F)F)[nH]o1.[H-].[Na+]. The largest absolute Gasteiger partial charge is 1.00 e. The molecular weight excluding hydrogens is 174 g/mol. The summed E-state index contributed by atoms with van der Waals surface area (Å²) in [5.74, 6) is 0. The standard InChI is InChI=1S/C4H2F3NO2.Na.H/c5-4(6,7)2-1-3(9)10-8-2;;/h1,8H;;/q;+1;-1. The molecule has 0 bridgehead atoms. The van der Waals surface area contributed by atoms with Gasteiger partial charge >= 0.3 is 41.4 Å². The smallest absolute Gasteiger partial charge is 1.00 e. The molecule has 0 fully saturated rings. The molecule has 0 radical (unpaired) electrons. The number of aromatic nitrogens is 1. The van der Waals surface area contributed by atoms with Crippen LogP contribution in [0.25, 0.3) is 0 Å². The molecule has 0 unspecified atom stereocenters. The van der Waals surface area contributed by atoms with E-state index in [-0.39, 0.29) is 31.0 Å². The maximum absolute atomic E-state index is 11.6. The number of hydrogen-bond donors (Lipinski definition) is 1. The summed E-state index contributed by atoms with van der Waals surface area (Å²) in [7, 11) is 0. The Morgan fingerprint density at radius 3 is 2.27 bits per heavy atom. The minimum atomic E-state index is -4.54. The quantitative estimate of drug-likeness (QED) is 0.470. The molecule has 1 N–H and O–H groups in total. The second-order valence-corrected chi connectivity index (χ2v) is 1.58. The first-order valence-electron chi connectivity index (χ1n) is 2.26. The van der Waals surface area contributed by atoms with Gasteiger partial charge in [0.2, 0.25) is 0 Å². The summed E-state index contributed by atoms with van der Waals surface area (Å²) in [6, 6.07) is 0.347. The van der Waals surface area contributed by atoms with Gasteiger partial charge < -0.3 is 5.95 Å². The van der Waals surface area contributed by atoms with E-state index in [0.29, 0.717) is 6.07 Å². The van der Waals surface area contributed by atoms with Crippen molar-refractivity contribution in [1.82, 2.24) is 5.16 Å². The van der Waals surface area contributed by atoms with Gasteiger partial charge in [-0.3, -0.25) is 0 Å². The average molecular weight is 177 g/mol. The maximum atomic E-state index is 11.6. The zero-order valence-corrected chi connectivity index (χ0v) is 7.53. The monoisotopic (exact) mass is 177 g/mol. The third kappa shape index (κ3) is 2.72. The molecule has 7 heteroatoms. The maximum Gasteiger partial charge on any atom is 1.00 e. The molecule has 0 aromatic carbocycles. The van der Waals surface area contributed by atoms with E-state index in [4.69, 9.17) is 0 Å². The molecule has 0 aliphatic carbocycles. The zero-order valence-electron chi connectivity index (χ0n) is 6.53. The van der Waals surface area contributed by atoms with Gasteiger partial charge in [-0.1, -0.05) is 0 Å². The van der Waals surface area contributed by atoms with Gasteiger partial charge in [0.1, 0.15) is 0 Å². The Labute approximate surface area is 82.3 Å². The van der Waals surface area contributed by atoms with E-state index in [1.54, 1.807) is 0 Å². The second kappa shape index (κ2) is 3.46. The Kier molecular flexibility index (Phi) is 3.40. The van der Waals surface area contributed by atoms with Crippen LogP contribution in [0.5, 0.6) is 0 Å². The molecule has 3 nitrogen and oxygen atoms in total. The first-order chi connectivity index (χ1) is 4.50. The van der Waals surface area contributed by atoms with E-state index in [9.17, 15) is 18.0 Å². The van der Waals surface area contributed by atoms with E-state index in [2.05, 4.69) is 4.52 Å². The van der Waals surface area contributed by atoms with E-state index in [0.717, 1.165) is 0 Å². The van der Waals surface area contributed by atoms with Crippen molar-refractivity contribution in [1.29, 1.82) is 0 Å². The van der Waals surface area contributed by atoms with Gasteiger partial charge in [-0.25, -0.2) is 9.95 Å². The van der Waals surface area contributed by atoms with Crippen molar-refractivity contribution in [2.75, 3.05) is 0 Å². The number of nitrogens with one attached hydrogen (secondary N) is 1. The first kappa shape index (κ1) is 10.8. The van der Waals surface area contributed by atoms with Crippen LogP contribution in [-0.2, 0) is 6.18 Å². The van der Waals surface area contributed by atoms with Crippen molar-refractivity contribution in [3.63, 3.8) is 0 Å². The van der Waals surface area contributed by atoms with Crippen LogP contribution in [-0.4, -0.2) is 5.16 Å². The number of alkyl halides is 3. The third-order valence-electron chi connectivity index (χ3n) is 0.829. The zero-order chi connectivity index (χ0) is 7.78. The van der Waals surface area contributed by atoms with E-state index in [1.807, 2.05) is 0 Å². The van der Waals surface area contributed by atoms with Gasteiger partial charge in [-0.05, 0) is 0 Å². The summed E-state index contributed by atoms with van der Waals surface area (Å²) in [4.78, 5) is 10.0. The van der Waals surface area contributed by atoms with E-state index < -0.39 is 17.5 Å². The van der Waals surface area contributed by atoms with Crippen LogP contribution in [0.4, 0.5) is 13.2 Å². The topological polar surface area (TPSA) is 46.0 Å². The van der Waals surface area contributed by atoms with Crippen LogP contribution in [0.15, 0.2) is 15.4 Å². The summed E-state index contributed by atoms with van der Waals surface area (Å²) in [5, 5.41) is 1.43. The molecule has 1 rings (SSSR count). The molecule has 1 aromatic heterocycles. The van der Waals surface area contributed by atoms with Crippen molar-refractivity contribution in [3.05, 3.63) is 22.2 Å². The minimum absolute atomic E-state index is 0. The van der Waals surface area contributed by atoms with Crippen molar-refractivity contribution in [2.45, 2.75) is 6.18 Å². The van der Waals surface area contributed by atoms with Gasteiger partial charge in [-0.15, -0.1) is 0 Å². The van der Waals surface area contributed by atoms with Crippen LogP contribution in [0, 0.1) is 0 Å². The molecule has 0 spiro atoms. The van der Waals surface area contributed by atoms with Gasteiger partial charge in [0, 0.05) is 0 Å². The molecule has 1 heterocycles. The first-order valence-corrected chi connectivity index (χ1v) is 2.26. The fraction of sp³-hybridized carbons (Fsp3) is 0.250. The number of aromatic amines is 1. The molecule has 0 amide bonds. The fourth-order valence-corrected chi connectivity index (χ4v) is 0.422. The molecule has 0 atom stereocenters. The normalized spacial score (nSPS) is 10.8. The Balaban J connectivity index is 0. The van der Waals surface area contributed by atoms with Gasteiger partial charge in [0.15, 0.2) is 5.69 Å². The van der Waals surface area contributed by atoms with Crippen LogP contribution >= 0.6 is 0 Å². The Bertz CT molecular complexity index is 280. The van der Waals surface area contributed by atoms with E-state index in [1.165, 1.54) is 5.16 Å². The third-order valence-corrected chi connectivity index (χ3v) is 0.829. The molecule has 58 valence electrons. The van der Waals surface area contributed by atoms with Crippen molar-refractivity contribution in [2.24, 2.45) is 0 Å². The second-order valence-electron chi connectivity index (χ2n) is 1.58. The Hall–Kier alpha value is -0.200. The molecular formula is C4H3F3NNaO2. The summed E-state index contributed by atoms with van der Waals surface area (Å²) >= 11 is 0. The molecule has 0 saturated carbocycles. The van der Waals surface area contributed by atoms with E-state index >= 15 is 0 Å². The molecule has 0 aliphatic rings. The molecule has 11 heavy (non-hydrogen) atoms. The summed E-state index contributed by atoms with van der Waals surface area (Å²) in [6.07, 6.45) is -4.54. The van der Waals surface area contributed by atoms with Gasteiger partial charge in [-0.2, -0.15) is 13.2 Å². The minimum Gasteiger partial charge on any atom is -1.00 e. The summed E-state index contributed by atoms with van der Waals surface area (Å²) < 4.78 is 38.5. The summed E-state index contributed by atoms with van der Waals surface area (Å²) in [5.41, 5.74) is -2.20. The number of hydrogen-bond acceptors (Lipinski definition) is 2. The van der Waals surface area contributed by atoms with Gasteiger partial charge in [0.25, 0.3) is 0 Å². The van der Waals surface area contributed by atoms with Crippen LogP contribution in [0.1, 0.15) is 7.12 Å².